The smallest absolute Gasteiger partial charge is 0.172 e. The number of hydrogen-bond donors (Lipinski definition) is 1. The van der Waals surface area contributed by atoms with Crippen molar-refractivity contribution in [2.75, 3.05) is 20.3 Å². The lowest BCUT2D eigenvalue weighted by molar-refractivity contribution is -0.216. The largest absolute Gasteiger partial charge is 0.382 e. The molecule has 0 aromatic carbocycles. The fourth-order valence-corrected chi connectivity index (χ4v) is 3.48. The summed E-state index contributed by atoms with van der Waals surface area (Å²) in [7, 11) is 1.70. The van der Waals surface area contributed by atoms with E-state index >= 15 is 0 Å². The molecule has 0 saturated carbocycles. The van der Waals surface area contributed by atoms with Crippen LogP contribution in [0.3, 0.4) is 0 Å². The van der Waals surface area contributed by atoms with Crippen molar-refractivity contribution >= 4 is 0 Å². The minimum Gasteiger partial charge on any atom is -0.382 e. The van der Waals surface area contributed by atoms with Crippen molar-refractivity contribution in [1.82, 2.24) is 5.32 Å². The van der Waals surface area contributed by atoms with Crippen molar-refractivity contribution in [2.24, 2.45) is 0 Å². The van der Waals surface area contributed by atoms with Crippen LogP contribution in [0, 0.1) is 0 Å². The van der Waals surface area contributed by atoms with E-state index < -0.39 is 5.79 Å². The monoisotopic (exact) mass is 243 g/mol. The lowest BCUT2D eigenvalue weighted by Gasteiger charge is -2.50. The molecule has 0 aliphatic carbocycles. The van der Waals surface area contributed by atoms with E-state index in [9.17, 15) is 0 Å². The number of piperidine rings is 1. The highest BCUT2D eigenvalue weighted by Crippen LogP contribution is 2.42. The van der Waals surface area contributed by atoms with Gasteiger partial charge in [0.05, 0.1) is 13.2 Å². The lowest BCUT2D eigenvalue weighted by Crippen LogP contribution is -2.63. The fourth-order valence-electron chi connectivity index (χ4n) is 3.48. The Hall–Kier alpha value is -0.160. The molecule has 0 aromatic rings. The van der Waals surface area contributed by atoms with Gasteiger partial charge in [0.25, 0.3) is 0 Å². The molecule has 17 heavy (non-hydrogen) atoms. The van der Waals surface area contributed by atoms with Gasteiger partial charge in [0.2, 0.25) is 0 Å². The fraction of sp³-hybridized carbons (Fsp3) is 1.00. The van der Waals surface area contributed by atoms with E-state index in [4.69, 9.17) is 14.2 Å². The number of ether oxygens (including phenoxy) is 3. The second-order valence-electron chi connectivity index (χ2n) is 6.66. The molecule has 1 atom stereocenters. The summed E-state index contributed by atoms with van der Waals surface area (Å²) in [5, 5.41) is 3.64. The molecule has 2 aliphatic heterocycles. The topological polar surface area (TPSA) is 39.7 Å². The third kappa shape index (κ3) is 2.99. The van der Waals surface area contributed by atoms with Crippen molar-refractivity contribution in [2.45, 2.75) is 63.5 Å². The minimum atomic E-state index is -0.429. The summed E-state index contributed by atoms with van der Waals surface area (Å²) in [6, 6.07) is 0. The van der Waals surface area contributed by atoms with Gasteiger partial charge in [0, 0.05) is 31.0 Å². The van der Waals surface area contributed by atoms with Gasteiger partial charge in [-0.1, -0.05) is 0 Å². The summed E-state index contributed by atoms with van der Waals surface area (Å²) in [5.41, 5.74) is 0.0629. The van der Waals surface area contributed by atoms with Crippen molar-refractivity contribution in [3.63, 3.8) is 0 Å². The Morgan fingerprint density at radius 1 is 1.18 bits per heavy atom. The molecule has 2 aliphatic rings. The lowest BCUT2D eigenvalue weighted by atomic mass is 9.79. The van der Waals surface area contributed by atoms with E-state index in [-0.39, 0.29) is 17.2 Å². The van der Waals surface area contributed by atoms with Gasteiger partial charge in [-0.15, -0.1) is 0 Å². The molecular weight excluding hydrogens is 218 g/mol. The van der Waals surface area contributed by atoms with Crippen LogP contribution in [0.1, 0.15) is 40.5 Å². The van der Waals surface area contributed by atoms with Crippen LogP contribution in [0.5, 0.6) is 0 Å². The van der Waals surface area contributed by atoms with Crippen LogP contribution >= 0.6 is 0 Å². The minimum absolute atomic E-state index is 0.0315. The van der Waals surface area contributed by atoms with Crippen molar-refractivity contribution in [3.05, 3.63) is 0 Å². The predicted molar refractivity (Wildman–Crippen MR) is 66.0 cm³/mol. The first kappa shape index (κ1) is 13.3. The molecule has 0 aromatic heterocycles. The first-order valence-corrected chi connectivity index (χ1v) is 6.36. The van der Waals surface area contributed by atoms with Gasteiger partial charge in [-0.2, -0.15) is 0 Å². The van der Waals surface area contributed by atoms with E-state index in [0.29, 0.717) is 13.2 Å². The van der Waals surface area contributed by atoms with Crippen molar-refractivity contribution in [1.29, 1.82) is 0 Å². The summed E-state index contributed by atoms with van der Waals surface area (Å²) in [6.07, 6.45) is 1.83. The molecule has 4 heteroatoms. The molecule has 0 radical (unpaired) electrons. The van der Waals surface area contributed by atoms with Gasteiger partial charge in [-0.3, -0.25) is 0 Å². The molecule has 1 spiro atoms. The summed E-state index contributed by atoms with van der Waals surface area (Å²) in [5.74, 6) is -0.429. The average molecular weight is 243 g/mol. The number of nitrogens with one attached hydrogen (secondary N) is 1. The van der Waals surface area contributed by atoms with Crippen LogP contribution in [0.15, 0.2) is 0 Å². The first-order chi connectivity index (χ1) is 7.76. The molecule has 1 N–H and O–H groups in total. The average Bonchev–Trinajstić information content (AvgIpc) is 2.42. The zero-order valence-electron chi connectivity index (χ0n) is 11.6. The van der Waals surface area contributed by atoms with Crippen LogP contribution in [0.4, 0.5) is 0 Å². The molecule has 1 unspecified atom stereocenters. The Balaban J connectivity index is 2.10. The molecule has 2 heterocycles. The third-order valence-corrected chi connectivity index (χ3v) is 3.37. The highest BCUT2D eigenvalue weighted by molar-refractivity contribution is 5.03. The van der Waals surface area contributed by atoms with Crippen molar-refractivity contribution < 1.29 is 14.2 Å². The quantitative estimate of drug-likeness (QED) is 0.801. The maximum absolute atomic E-state index is 6.11. The molecule has 2 fully saturated rings. The third-order valence-electron chi connectivity index (χ3n) is 3.37. The van der Waals surface area contributed by atoms with E-state index in [0.717, 1.165) is 12.8 Å². The SMILES string of the molecule is COCC1COC2(CC(C)(C)NC(C)(C)C2)O1. The molecule has 100 valence electrons. The van der Waals surface area contributed by atoms with Gasteiger partial charge in [-0.05, 0) is 27.7 Å². The standard InChI is InChI=1S/C13H25NO3/c1-11(2)8-13(9-12(3,4)14-11)16-7-10(17-13)6-15-5/h10,14H,6-9H2,1-5H3. The normalized spacial score (nSPS) is 34.1. The molecule has 4 nitrogen and oxygen atoms in total. The van der Waals surface area contributed by atoms with Gasteiger partial charge in [0.1, 0.15) is 6.10 Å². The zero-order valence-corrected chi connectivity index (χ0v) is 11.6. The highest BCUT2D eigenvalue weighted by atomic mass is 16.7. The van der Waals surface area contributed by atoms with Gasteiger partial charge < -0.3 is 19.5 Å². The maximum Gasteiger partial charge on any atom is 0.172 e. The Bertz CT molecular complexity index is 272. The number of hydrogen-bond acceptors (Lipinski definition) is 4. The number of rotatable bonds is 2. The van der Waals surface area contributed by atoms with E-state index in [2.05, 4.69) is 33.0 Å². The first-order valence-electron chi connectivity index (χ1n) is 6.36. The number of methoxy groups -OCH3 is 1. The summed E-state index contributed by atoms with van der Waals surface area (Å²) in [6.45, 7) is 10.0. The molecule has 0 amide bonds. The highest BCUT2D eigenvalue weighted by Gasteiger charge is 2.52. The molecule has 2 rings (SSSR count). The van der Waals surface area contributed by atoms with Gasteiger partial charge >= 0.3 is 0 Å². The van der Waals surface area contributed by atoms with Crippen LogP contribution < -0.4 is 5.32 Å². The summed E-state index contributed by atoms with van der Waals surface area (Å²) in [4.78, 5) is 0. The van der Waals surface area contributed by atoms with Crippen LogP contribution in [0.2, 0.25) is 0 Å². The van der Waals surface area contributed by atoms with Crippen LogP contribution in [-0.4, -0.2) is 43.3 Å². The summed E-state index contributed by atoms with van der Waals surface area (Å²) >= 11 is 0. The predicted octanol–water partition coefficient (Wildman–Crippen LogP) is 1.69. The van der Waals surface area contributed by atoms with Gasteiger partial charge in [0.15, 0.2) is 5.79 Å². The van der Waals surface area contributed by atoms with Gasteiger partial charge in [-0.25, -0.2) is 0 Å². The second kappa shape index (κ2) is 4.19. The Morgan fingerprint density at radius 3 is 2.29 bits per heavy atom. The van der Waals surface area contributed by atoms with E-state index in [1.165, 1.54) is 0 Å². The Kier molecular flexibility index (Phi) is 3.28. The Labute approximate surface area is 104 Å². The van der Waals surface area contributed by atoms with Crippen molar-refractivity contribution in [3.8, 4) is 0 Å². The Morgan fingerprint density at radius 2 is 1.76 bits per heavy atom. The molecular formula is C13H25NO3. The van der Waals surface area contributed by atoms with Crippen LogP contribution in [0.25, 0.3) is 0 Å². The van der Waals surface area contributed by atoms with Crippen LogP contribution in [-0.2, 0) is 14.2 Å². The second-order valence-corrected chi connectivity index (χ2v) is 6.66. The van der Waals surface area contributed by atoms with E-state index in [1.54, 1.807) is 7.11 Å². The van der Waals surface area contributed by atoms with E-state index in [1.807, 2.05) is 0 Å². The molecule has 2 saturated heterocycles. The maximum atomic E-state index is 6.11. The summed E-state index contributed by atoms with van der Waals surface area (Å²) < 4.78 is 17.2. The zero-order chi connectivity index (χ0) is 12.7. The molecule has 0 bridgehead atoms.